The summed E-state index contributed by atoms with van der Waals surface area (Å²) in [5.41, 5.74) is 1.13. The molecule has 0 aliphatic carbocycles. The summed E-state index contributed by atoms with van der Waals surface area (Å²) in [5.74, 6) is -1.84. The van der Waals surface area contributed by atoms with E-state index in [1.165, 1.54) is 0 Å². The van der Waals surface area contributed by atoms with E-state index in [0.29, 0.717) is 22.0 Å². The van der Waals surface area contributed by atoms with Crippen LogP contribution in [0.2, 0.25) is 5.02 Å². The van der Waals surface area contributed by atoms with E-state index >= 15 is 0 Å². The summed E-state index contributed by atoms with van der Waals surface area (Å²) in [6.07, 6.45) is 0.966. The number of ether oxygens (including phenoxy) is 2. The summed E-state index contributed by atoms with van der Waals surface area (Å²) >= 11 is 6.22. The van der Waals surface area contributed by atoms with Crippen LogP contribution in [-0.2, 0) is 24.7 Å². The van der Waals surface area contributed by atoms with Gasteiger partial charge < -0.3 is 20.1 Å². The summed E-state index contributed by atoms with van der Waals surface area (Å²) in [7, 11) is 1.58. The Balaban J connectivity index is 1.93. The van der Waals surface area contributed by atoms with Crippen LogP contribution in [0.5, 0.6) is 5.75 Å². The Hall–Kier alpha value is -4.10. The summed E-state index contributed by atoms with van der Waals surface area (Å²) in [6, 6.07) is 23.7. The van der Waals surface area contributed by atoms with Crippen molar-refractivity contribution in [1.29, 1.82) is 0 Å². The molecule has 3 aromatic carbocycles. The topological polar surface area (TPSA) is 93.7 Å². The molecule has 0 fully saturated rings. The number of nitrogens with one attached hydrogen (secondary N) is 2. The molecule has 0 saturated carbocycles. The lowest BCUT2D eigenvalue weighted by molar-refractivity contribution is -0.159. The molecule has 1 unspecified atom stereocenters. The zero-order valence-electron chi connectivity index (χ0n) is 22.9. The number of hydrogen-bond donors (Lipinski definition) is 2. The first-order chi connectivity index (χ1) is 19.2. The highest BCUT2D eigenvalue weighted by molar-refractivity contribution is 6.30. The fourth-order valence-electron chi connectivity index (χ4n) is 4.85. The zero-order chi connectivity index (χ0) is 28.9. The molecule has 1 aliphatic rings. The quantitative estimate of drug-likeness (QED) is 0.333. The van der Waals surface area contributed by atoms with Gasteiger partial charge in [0.15, 0.2) is 11.6 Å². The van der Waals surface area contributed by atoms with E-state index in [1.807, 2.05) is 60.7 Å². The Morgan fingerprint density at radius 3 is 2.23 bits per heavy atom. The first-order valence-electron chi connectivity index (χ1n) is 13.2. The van der Waals surface area contributed by atoms with Crippen molar-refractivity contribution in [3.8, 4) is 5.75 Å². The minimum absolute atomic E-state index is 0.122. The molecule has 7 nitrogen and oxygen atoms in total. The smallest absolute Gasteiger partial charge is 0.306 e. The molecule has 0 spiro atoms. The lowest BCUT2D eigenvalue weighted by Crippen LogP contribution is -2.63. The van der Waals surface area contributed by atoms with Crippen LogP contribution in [0.1, 0.15) is 49.8 Å². The molecule has 3 aromatic rings. The molecule has 0 saturated heterocycles. The highest BCUT2D eigenvalue weighted by Gasteiger charge is 2.52. The number of amides is 2. The van der Waals surface area contributed by atoms with Crippen LogP contribution in [0.3, 0.4) is 0 Å². The van der Waals surface area contributed by atoms with Gasteiger partial charge in [-0.1, -0.05) is 87.0 Å². The van der Waals surface area contributed by atoms with Crippen LogP contribution in [0.4, 0.5) is 0 Å². The van der Waals surface area contributed by atoms with Gasteiger partial charge in [-0.3, -0.25) is 14.4 Å². The van der Waals surface area contributed by atoms with Crippen molar-refractivity contribution in [2.75, 3.05) is 7.11 Å². The predicted molar refractivity (Wildman–Crippen MR) is 155 cm³/mol. The van der Waals surface area contributed by atoms with Crippen molar-refractivity contribution in [3.63, 3.8) is 0 Å². The van der Waals surface area contributed by atoms with E-state index < -0.39 is 35.3 Å². The van der Waals surface area contributed by atoms with Crippen LogP contribution in [-0.4, -0.2) is 31.0 Å². The number of benzene rings is 3. The van der Waals surface area contributed by atoms with Gasteiger partial charge in [0.25, 0.3) is 11.8 Å². The Kier molecular flexibility index (Phi) is 8.95. The van der Waals surface area contributed by atoms with Gasteiger partial charge >= 0.3 is 5.97 Å². The van der Waals surface area contributed by atoms with Gasteiger partial charge in [-0.05, 0) is 52.9 Å². The maximum absolute atomic E-state index is 14.4. The summed E-state index contributed by atoms with van der Waals surface area (Å²) in [4.78, 5) is 40.5. The molecule has 2 amide bonds. The molecular weight excluding hydrogens is 528 g/mol. The van der Waals surface area contributed by atoms with Crippen molar-refractivity contribution >= 4 is 35.1 Å². The average Bonchev–Trinajstić information content (AvgIpc) is 2.97. The van der Waals surface area contributed by atoms with E-state index in [9.17, 15) is 14.4 Å². The van der Waals surface area contributed by atoms with E-state index in [4.69, 9.17) is 21.1 Å². The molecule has 1 heterocycles. The normalized spacial score (nSPS) is 19.3. The molecule has 208 valence electrons. The lowest BCUT2D eigenvalue weighted by atomic mass is 9.70. The largest absolute Gasteiger partial charge is 0.497 e. The number of carbonyl (C=O) groups excluding carboxylic acids is 3. The fourth-order valence-corrected chi connectivity index (χ4v) is 4.98. The van der Waals surface area contributed by atoms with Crippen LogP contribution in [0.25, 0.3) is 5.70 Å². The van der Waals surface area contributed by atoms with Crippen molar-refractivity contribution in [2.24, 2.45) is 5.92 Å². The number of methoxy groups -OCH3 is 1. The Morgan fingerprint density at radius 2 is 1.65 bits per heavy atom. The van der Waals surface area contributed by atoms with Crippen molar-refractivity contribution in [1.82, 2.24) is 10.6 Å². The van der Waals surface area contributed by atoms with E-state index in [2.05, 4.69) is 10.6 Å². The average molecular weight is 561 g/mol. The van der Waals surface area contributed by atoms with Crippen LogP contribution < -0.4 is 15.4 Å². The van der Waals surface area contributed by atoms with Crippen LogP contribution >= 0.6 is 11.6 Å². The first-order valence-corrected chi connectivity index (χ1v) is 13.6. The molecular formula is C32H33ClN2O5. The molecule has 1 aliphatic heterocycles. The van der Waals surface area contributed by atoms with E-state index in [-0.39, 0.29) is 12.3 Å². The zero-order valence-corrected chi connectivity index (χ0v) is 23.7. The second kappa shape index (κ2) is 12.4. The van der Waals surface area contributed by atoms with Gasteiger partial charge in [0.05, 0.1) is 7.11 Å². The monoisotopic (exact) mass is 560 g/mol. The van der Waals surface area contributed by atoms with Gasteiger partial charge in [-0.25, -0.2) is 0 Å². The number of rotatable bonds is 9. The first kappa shape index (κ1) is 28.9. The predicted octanol–water partition coefficient (Wildman–Crippen LogP) is 5.59. The SMILES string of the molecule is CCC(=O)OC(C(=O)N[C@@]1(c2ccc(Cl)cc2)C(=O)NC(c2ccccc2)=C[C@H]1c1ccc(OC)cc1)C(C)C. The molecule has 3 atom stereocenters. The highest BCUT2D eigenvalue weighted by atomic mass is 35.5. The Morgan fingerprint density at radius 1 is 1.00 bits per heavy atom. The number of carbonyl (C=O) groups is 3. The molecule has 4 rings (SSSR count). The standard InChI is InChI=1S/C32H33ClN2O5/c1-5-28(36)40-29(20(2)3)30(37)35-32(23-13-15-24(33)16-14-23)26(21-11-17-25(39-4)18-12-21)19-27(34-31(32)38)22-9-7-6-8-10-22/h6-20,26,29H,5H2,1-4H3,(H,34,38)(H,35,37)/t26-,29?,32+/m0/s1. The molecule has 8 heteroatoms. The third-order valence-corrected chi connectivity index (χ3v) is 7.25. The molecule has 2 N–H and O–H groups in total. The summed E-state index contributed by atoms with van der Waals surface area (Å²) in [5, 5.41) is 6.54. The van der Waals surface area contributed by atoms with Crippen molar-refractivity contribution in [2.45, 2.75) is 44.8 Å². The minimum atomic E-state index is -1.60. The van der Waals surface area contributed by atoms with Crippen LogP contribution in [0.15, 0.2) is 84.9 Å². The molecule has 0 bridgehead atoms. The minimum Gasteiger partial charge on any atom is -0.497 e. The van der Waals surface area contributed by atoms with Gasteiger partial charge in [-0.2, -0.15) is 0 Å². The van der Waals surface area contributed by atoms with Gasteiger partial charge in [0, 0.05) is 23.1 Å². The fraction of sp³-hybridized carbons (Fsp3) is 0.281. The highest BCUT2D eigenvalue weighted by Crippen LogP contribution is 2.44. The third kappa shape index (κ3) is 5.89. The summed E-state index contributed by atoms with van der Waals surface area (Å²) in [6.45, 7) is 5.24. The van der Waals surface area contributed by atoms with Crippen LogP contribution in [0, 0.1) is 5.92 Å². The number of hydrogen-bond acceptors (Lipinski definition) is 5. The van der Waals surface area contributed by atoms with Gasteiger partial charge in [0.2, 0.25) is 0 Å². The molecule has 0 radical (unpaired) electrons. The Bertz CT molecular complexity index is 1390. The van der Waals surface area contributed by atoms with Crippen molar-refractivity contribution in [3.05, 3.63) is 107 Å². The molecule has 40 heavy (non-hydrogen) atoms. The second-order valence-electron chi connectivity index (χ2n) is 9.96. The van der Waals surface area contributed by atoms with Gasteiger partial charge in [0.1, 0.15) is 5.75 Å². The van der Waals surface area contributed by atoms with E-state index in [1.54, 1.807) is 52.1 Å². The van der Waals surface area contributed by atoms with Crippen molar-refractivity contribution < 1.29 is 23.9 Å². The maximum Gasteiger partial charge on any atom is 0.306 e. The summed E-state index contributed by atoms with van der Waals surface area (Å²) < 4.78 is 10.9. The number of halogens is 1. The maximum atomic E-state index is 14.4. The third-order valence-electron chi connectivity index (χ3n) is 7.00. The lowest BCUT2D eigenvalue weighted by Gasteiger charge is -2.43. The second-order valence-corrected chi connectivity index (χ2v) is 10.4. The van der Waals surface area contributed by atoms with Gasteiger partial charge in [-0.15, -0.1) is 0 Å². The van der Waals surface area contributed by atoms with E-state index in [0.717, 1.165) is 11.1 Å². The molecule has 0 aromatic heterocycles. The Labute approximate surface area is 239 Å². The number of esters is 1.